The van der Waals surface area contributed by atoms with Crippen LogP contribution in [0.25, 0.3) is 0 Å². The SMILES string of the molecule is CN(C)C1CCC(O)CC1.[V]. The van der Waals surface area contributed by atoms with Crippen LogP contribution in [0.5, 0.6) is 0 Å². The Balaban J connectivity index is 0.000001000. The third-order valence-corrected chi connectivity index (χ3v) is 2.40. The molecule has 0 saturated heterocycles. The summed E-state index contributed by atoms with van der Waals surface area (Å²) in [6.45, 7) is 0. The van der Waals surface area contributed by atoms with E-state index in [0.717, 1.165) is 25.7 Å². The van der Waals surface area contributed by atoms with Crippen LogP contribution < -0.4 is 0 Å². The zero-order valence-corrected chi connectivity index (χ0v) is 8.72. The van der Waals surface area contributed by atoms with Crippen LogP contribution >= 0.6 is 0 Å². The van der Waals surface area contributed by atoms with Crippen molar-refractivity contribution >= 4 is 0 Å². The summed E-state index contributed by atoms with van der Waals surface area (Å²) in [7, 11) is 4.23. The predicted molar refractivity (Wildman–Crippen MR) is 41.9 cm³/mol. The third-order valence-electron chi connectivity index (χ3n) is 2.40. The van der Waals surface area contributed by atoms with E-state index in [4.69, 9.17) is 0 Å². The molecule has 0 aromatic heterocycles. The molecule has 0 unspecified atom stereocenters. The van der Waals surface area contributed by atoms with Crippen molar-refractivity contribution in [1.82, 2.24) is 4.90 Å². The first kappa shape index (κ1) is 11.5. The van der Waals surface area contributed by atoms with E-state index >= 15 is 0 Å². The fourth-order valence-electron chi connectivity index (χ4n) is 1.57. The summed E-state index contributed by atoms with van der Waals surface area (Å²) in [6, 6.07) is 0.711. The van der Waals surface area contributed by atoms with Gasteiger partial charge in [-0.05, 0) is 39.8 Å². The molecule has 0 amide bonds. The minimum Gasteiger partial charge on any atom is -0.393 e. The molecule has 1 aliphatic rings. The molecule has 0 bridgehead atoms. The van der Waals surface area contributed by atoms with E-state index in [-0.39, 0.29) is 24.7 Å². The Labute approximate surface area is 80.9 Å². The number of rotatable bonds is 1. The summed E-state index contributed by atoms with van der Waals surface area (Å²) in [6.07, 6.45) is 4.28. The van der Waals surface area contributed by atoms with E-state index < -0.39 is 0 Å². The van der Waals surface area contributed by atoms with Gasteiger partial charge in [0.25, 0.3) is 0 Å². The molecule has 0 heterocycles. The smallest absolute Gasteiger partial charge is 0.0541 e. The maximum absolute atomic E-state index is 9.19. The molecule has 1 saturated carbocycles. The Morgan fingerprint density at radius 2 is 1.55 bits per heavy atom. The number of hydrogen-bond acceptors (Lipinski definition) is 2. The first-order valence-corrected chi connectivity index (χ1v) is 4.04. The van der Waals surface area contributed by atoms with E-state index in [1.54, 1.807) is 0 Å². The molecule has 2 nitrogen and oxygen atoms in total. The van der Waals surface area contributed by atoms with Crippen molar-refractivity contribution < 1.29 is 23.7 Å². The van der Waals surface area contributed by atoms with Gasteiger partial charge in [0.05, 0.1) is 6.10 Å². The van der Waals surface area contributed by atoms with Crippen LogP contribution in [0.3, 0.4) is 0 Å². The number of aliphatic hydroxyl groups is 1. The van der Waals surface area contributed by atoms with Crippen molar-refractivity contribution in [2.24, 2.45) is 0 Å². The molecule has 0 atom stereocenters. The van der Waals surface area contributed by atoms with Crippen molar-refractivity contribution in [2.45, 2.75) is 37.8 Å². The van der Waals surface area contributed by atoms with E-state index in [0.29, 0.717) is 6.04 Å². The van der Waals surface area contributed by atoms with E-state index in [9.17, 15) is 5.11 Å². The molecule has 1 rings (SSSR count). The quantitative estimate of drug-likeness (QED) is 0.669. The zero-order valence-electron chi connectivity index (χ0n) is 7.32. The summed E-state index contributed by atoms with van der Waals surface area (Å²) in [5.74, 6) is 0. The first-order chi connectivity index (χ1) is 4.70. The Morgan fingerprint density at radius 3 is 1.91 bits per heavy atom. The standard InChI is InChI=1S/C8H17NO.V/c1-9(2)7-3-5-8(10)6-4-7;/h7-8,10H,3-6H2,1-2H3;. The third kappa shape index (κ3) is 3.61. The molecule has 11 heavy (non-hydrogen) atoms. The van der Waals surface area contributed by atoms with E-state index in [2.05, 4.69) is 19.0 Å². The summed E-state index contributed by atoms with van der Waals surface area (Å²) >= 11 is 0. The average Bonchev–Trinajstić information content (AvgIpc) is 1.88. The molecule has 0 spiro atoms. The summed E-state index contributed by atoms with van der Waals surface area (Å²) in [5, 5.41) is 9.19. The molecule has 65 valence electrons. The van der Waals surface area contributed by atoms with Crippen LogP contribution in [0.1, 0.15) is 25.7 Å². The summed E-state index contributed by atoms with van der Waals surface area (Å²) in [5.41, 5.74) is 0. The number of hydrogen-bond donors (Lipinski definition) is 1. The second kappa shape index (κ2) is 5.20. The molecular weight excluding hydrogens is 177 g/mol. The van der Waals surface area contributed by atoms with Crippen LogP contribution in [-0.2, 0) is 18.6 Å². The minimum atomic E-state index is -0.0174. The van der Waals surface area contributed by atoms with Gasteiger partial charge in [-0.1, -0.05) is 0 Å². The fraction of sp³-hybridized carbons (Fsp3) is 1.00. The zero-order chi connectivity index (χ0) is 7.56. The molecular formula is C8H17NOV. The van der Waals surface area contributed by atoms with Crippen LogP contribution in [0, 0.1) is 0 Å². The van der Waals surface area contributed by atoms with Gasteiger partial charge in [-0.25, -0.2) is 0 Å². The molecule has 0 aromatic rings. The van der Waals surface area contributed by atoms with Crippen molar-refractivity contribution in [3.8, 4) is 0 Å². The predicted octanol–water partition coefficient (Wildman–Crippen LogP) is 0.849. The second-order valence-electron chi connectivity index (χ2n) is 3.43. The largest absolute Gasteiger partial charge is 0.393 e. The molecule has 1 fully saturated rings. The first-order valence-electron chi connectivity index (χ1n) is 4.04. The number of aliphatic hydroxyl groups excluding tert-OH is 1. The monoisotopic (exact) mass is 194 g/mol. The molecule has 1 aliphatic carbocycles. The second-order valence-corrected chi connectivity index (χ2v) is 3.43. The Kier molecular flexibility index (Phi) is 5.44. The Hall–Kier alpha value is 0.504. The van der Waals surface area contributed by atoms with Crippen LogP contribution in [-0.4, -0.2) is 36.2 Å². The van der Waals surface area contributed by atoms with Gasteiger partial charge >= 0.3 is 0 Å². The van der Waals surface area contributed by atoms with E-state index in [1.165, 1.54) is 0 Å². The van der Waals surface area contributed by atoms with E-state index in [1.807, 2.05) is 0 Å². The van der Waals surface area contributed by atoms with Crippen LogP contribution in [0.2, 0.25) is 0 Å². The van der Waals surface area contributed by atoms with Gasteiger partial charge in [0.1, 0.15) is 0 Å². The van der Waals surface area contributed by atoms with Crippen molar-refractivity contribution in [2.75, 3.05) is 14.1 Å². The van der Waals surface area contributed by atoms with Crippen molar-refractivity contribution in [1.29, 1.82) is 0 Å². The fourth-order valence-corrected chi connectivity index (χ4v) is 1.57. The van der Waals surface area contributed by atoms with Gasteiger partial charge in [0, 0.05) is 24.6 Å². The molecule has 0 aromatic carbocycles. The summed E-state index contributed by atoms with van der Waals surface area (Å²) in [4.78, 5) is 2.26. The van der Waals surface area contributed by atoms with Gasteiger partial charge in [0.2, 0.25) is 0 Å². The summed E-state index contributed by atoms with van der Waals surface area (Å²) < 4.78 is 0. The topological polar surface area (TPSA) is 23.5 Å². The maximum Gasteiger partial charge on any atom is 0.0541 e. The van der Waals surface area contributed by atoms with Crippen LogP contribution in [0.4, 0.5) is 0 Å². The Bertz CT molecular complexity index is 100. The molecule has 0 aliphatic heterocycles. The molecule has 1 N–H and O–H groups in total. The average molecular weight is 194 g/mol. The maximum atomic E-state index is 9.19. The van der Waals surface area contributed by atoms with Gasteiger partial charge in [0.15, 0.2) is 0 Å². The van der Waals surface area contributed by atoms with Gasteiger partial charge in [-0.2, -0.15) is 0 Å². The number of nitrogens with zero attached hydrogens (tertiary/aromatic N) is 1. The molecule has 1 radical (unpaired) electrons. The van der Waals surface area contributed by atoms with Crippen molar-refractivity contribution in [3.63, 3.8) is 0 Å². The van der Waals surface area contributed by atoms with Crippen molar-refractivity contribution in [3.05, 3.63) is 0 Å². The van der Waals surface area contributed by atoms with Gasteiger partial charge in [-0.3, -0.25) is 0 Å². The van der Waals surface area contributed by atoms with Crippen LogP contribution in [0.15, 0.2) is 0 Å². The molecule has 3 heteroatoms. The van der Waals surface area contributed by atoms with Gasteiger partial charge < -0.3 is 10.0 Å². The minimum absolute atomic E-state index is 0. The Morgan fingerprint density at radius 1 is 1.09 bits per heavy atom. The van der Waals surface area contributed by atoms with Gasteiger partial charge in [-0.15, -0.1) is 0 Å². The normalized spacial score (nSPS) is 31.6.